The Hall–Kier alpha value is -2.58. The molecule has 0 amide bonds. The number of hydrogen-bond donors (Lipinski definition) is 1. The lowest BCUT2D eigenvalue weighted by Crippen LogP contribution is -2.37. The zero-order valence-corrected chi connectivity index (χ0v) is 39.8. The van der Waals surface area contributed by atoms with E-state index >= 15 is 0 Å². The quantitative estimate of drug-likeness (QED) is 0.0215. The van der Waals surface area contributed by atoms with E-state index in [9.17, 15) is 14.3 Å². The minimum atomic E-state index is -4.30. The molecule has 8 nitrogen and oxygen atoms in total. The second kappa shape index (κ2) is 43.1. The zero-order chi connectivity index (χ0) is 44.1. The van der Waals surface area contributed by atoms with E-state index in [1.54, 1.807) is 0 Å². The van der Waals surface area contributed by atoms with Crippen molar-refractivity contribution in [1.82, 2.24) is 0 Å². The van der Waals surface area contributed by atoms with Crippen LogP contribution in [0.5, 0.6) is 0 Å². The first kappa shape index (κ1) is 57.4. The molecule has 0 aliphatic rings. The minimum absolute atomic E-state index is 0.0729. The molecule has 0 bridgehead atoms. The van der Waals surface area contributed by atoms with E-state index in [2.05, 4.69) is 111 Å². The molecule has 2 atom stereocenters. The first-order chi connectivity index (χ1) is 29.1. The van der Waals surface area contributed by atoms with Crippen LogP contribution in [-0.4, -0.2) is 75.6 Å². The molecule has 344 valence electrons. The van der Waals surface area contributed by atoms with Crippen LogP contribution in [0.15, 0.2) is 97.2 Å². The van der Waals surface area contributed by atoms with E-state index in [0.29, 0.717) is 24.1 Å². The lowest BCUT2D eigenvalue weighted by molar-refractivity contribution is -0.870. The number of allylic oxidation sites excluding steroid dienone is 16. The molecule has 0 fully saturated rings. The van der Waals surface area contributed by atoms with Crippen molar-refractivity contribution in [1.29, 1.82) is 0 Å². The summed E-state index contributed by atoms with van der Waals surface area (Å²) >= 11 is 0. The molecule has 0 heterocycles. The Morgan fingerprint density at radius 2 is 0.967 bits per heavy atom. The molecule has 0 aromatic heterocycles. The van der Waals surface area contributed by atoms with Gasteiger partial charge in [0.15, 0.2) is 0 Å². The number of carbonyl (C=O) groups is 1. The SMILES string of the molecule is CC/C=C\C/C=C\C/C=C\C/C=C\C/C=C\C/C=C\C/C=C\CCCCOCC(COP(=O)(O)OCC[N+](C)(C)C)OC(=O)CCCCCCC/C=C\CCCCCCC. The van der Waals surface area contributed by atoms with Gasteiger partial charge in [-0.15, -0.1) is 0 Å². The fourth-order valence-electron chi connectivity index (χ4n) is 5.76. The molecule has 0 saturated carbocycles. The third-order valence-electron chi connectivity index (χ3n) is 9.38. The Labute approximate surface area is 368 Å². The second-order valence-corrected chi connectivity index (χ2v) is 17.9. The van der Waals surface area contributed by atoms with Gasteiger partial charge in [0.2, 0.25) is 0 Å². The summed E-state index contributed by atoms with van der Waals surface area (Å²) in [4.78, 5) is 22.9. The van der Waals surface area contributed by atoms with Crippen molar-refractivity contribution < 1.29 is 37.3 Å². The van der Waals surface area contributed by atoms with Gasteiger partial charge < -0.3 is 18.9 Å². The van der Waals surface area contributed by atoms with Crippen LogP contribution in [0.25, 0.3) is 0 Å². The summed E-state index contributed by atoms with van der Waals surface area (Å²) in [5, 5.41) is 0. The van der Waals surface area contributed by atoms with Gasteiger partial charge in [-0.1, -0.05) is 156 Å². The van der Waals surface area contributed by atoms with E-state index in [1.807, 2.05) is 21.1 Å². The molecule has 0 saturated heterocycles. The average molecular weight is 859 g/mol. The van der Waals surface area contributed by atoms with Crippen molar-refractivity contribution in [3.63, 3.8) is 0 Å². The number of quaternary nitrogens is 1. The Kier molecular flexibility index (Phi) is 41.2. The van der Waals surface area contributed by atoms with Gasteiger partial charge in [0.25, 0.3) is 0 Å². The number of rotatable bonds is 42. The summed E-state index contributed by atoms with van der Waals surface area (Å²) in [5.74, 6) is -0.343. The predicted molar refractivity (Wildman–Crippen MR) is 256 cm³/mol. The van der Waals surface area contributed by atoms with Gasteiger partial charge in [-0.05, 0) is 96.3 Å². The zero-order valence-electron chi connectivity index (χ0n) is 38.9. The van der Waals surface area contributed by atoms with Crippen molar-refractivity contribution in [2.45, 2.75) is 168 Å². The highest BCUT2D eigenvalue weighted by Crippen LogP contribution is 2.43. The van der Waals surface area contributed by atoms with E-state index in [4.69, 9.17) is 18.5 Å². The average Bonchev–Trinajstić information content (AvgIpc) is 3.20. The smallest absolute Gasteiger partial charge is 0.457 e. The third kappa shape index (κ3) is 46.5. The summed E-state index contributed by atoms with van der Waals surface area (Å²) in [6.45, 7) is 5.34. The van der Waals surface area contributed by atoms with Crippen LogP contribution in [-0.2, 0) is 27.9 Å². The Bertz CT molecular complexity index is 1270. The van der Waals surface area contributed by atoms with Crippen molar-refractivity contribution >= 4 is 13.8 Å². The predicted octanol–water partition coefficient (Wildman–Crippen LogP) is 14.2. The third-order valence-corrected chi connectivity index (χ3v) is 10.4. The Morgan fingerprint density at radius 1 is 0.533 bits per heavy atom. The van der Waals surface area contributed by atoms with Gasteiger partial charge in [0.05, 0.1) is 34.4 Å². The molecule has 2 unspecified atom stereocenters. The summed E-state index contributed by atoms with van der Waals surface area (Å²) in [5.41, 5.74) is 0. The van der Waals surface area contributed by atoms with Crippen molar-refractivity contribution in [2.24, 2.45) is 0 Å². The molecule has 60 heavy (non-hydrogen) atoms. The van der Waals surface area contributed by atoms with Crippen LogP contribution in [0.4, 0.5) is 0 Å². The second-order valence-electron chi connectivity index (χ2n) is 16.4. The number of esters is 1. The maximum Gasteiger partial charge on any atom is 0.472 e. The molecule has 0 rings (SSSR count). The topological polar surface area (TPSA) is 91.3 Å². The van der Waals surface area contributed by atoms with E-state index in [-0.39, 0.29) is 25.8 Å². The Morgan fingerprint density at radius 3 is 1.47 bits per heavy atom. The monoisotopic (exact) mass is 859 g/mol. The maximum atomic E-state index is 12.7. The molecule has 1 N–H and O–H groups in total. The minimum Gasteiger partial charge on any atom is -0.457 e. The molecule has 0 aliphatic carbocycles. The number of nitrogens with zero attached hydrogens (tertiary/aromatic N) is 1. The van der Waals surface area contributed by atoms with Gasteiger partial charge in [-0.2, -0.15) is 0 Å². The molecule has 0 aliphatic heterocycles. The van der Waals surface area contributed by atoms with Gasteiger partial charge in [-0.3, -0.25) is 13.8 Å². The van der Waals surface area contributed by atoms with Crippen LogP contribution in [0.2, 0.25) is 0 Å². The summed E-state index contributed by atoms with van der Waals surface area (Å²) in [7, 11) is 1.62. The number of hydrogen-bond acceptors (Lipinski definition) is 6. The van der Waals surface area contributed by atoms with Crippen molar-refractivity contribution in [3.8, 4) is 0 Å². The van der Waals surface area contributed by atoms with Crippen LogP contribution in [0.3, 0.4) is 0 Å². The molecule has 0 aromatic carbocycles. The lowest BCUT2D eigenvalue weighted by Gasteiger charge is -2.24. The van der Waals surface area contributed by atoms with Gasteiger partial charge in [0, 0.05) is 13.0 Å². The number of phosphoric ester groups is 1. The number of unbranched alkanes of at least 4 members (excludes halogenated alkanes) is 12. The highest BCUT2D eigenvalue weighted by molar-refractivity contribution is 7.47. The first-order valence-electron chi connectivity index (χ1n) is 23.5. The number of phosphoric acid groups is 1. The molecule has 0 radical (unpaired) electrons. The lowest BCUT2D eigenvalue weighted by atomic mass is 10.1. The van der Waals surface area contributed by atoms with E-state index in [1.165, 1.54) is 44.9 Å². The largest absolute Gasteiger partial charge is 0.472 e. The summed E-state index contributed by atoms with van der Waals surface area (Å²) < 4.78 is 35.0. The van der Waals surface area contributed by atoms with Crippen LogP contribution in [0, 0.1) is 0 Å². The number of carbonyl (C=O) groups excluding carboxylic acids is 1. The van der Waals surface area contributed by atoms with Crippen LogP contribution in [0.1, 0.15) is 162 Å². The summed E-state index contributed by atoms with van der Waals surface area (Å²) in [6.07, 6.45) is 58.8. The fourth-order valence-corrected chi connectivity index (χ4v) is 6.50. The van der Waals surface area contributed by atoms with Crippen molar-refractivity contribution in [2.75, 3.05) is 54.1 Å². The Balaban J connectivity index is 4.32. The van der Waals surface area contributed by atoms with Gasteiger partial charge in [0.1, 0.15) is 19.3 Å². The summed E-state index contributed by atoms with van der Waals surface area (Å²) in [6, 6.07) is 0. The van der Waals surface area contributed by atoms with Gasteiger partial charge in [-0.25, -0.2) is 4.57 Å². The molecule has 0 spiro atoms. The number of likely N-dealkylation sites (N-methyl/N-ethyl adjacent to an activating group) is 1. The fraction of sp³-hybridized carbons (Fsp3) is 0.667. The van der Waals surface area contributed by atoms with E-state index < -0.39 is 13.9 Å². The van der Waals surface area contributed by atoms with Gasteiger partial charge >= 0.3 is 13.8 Å². The standard InChI is InChI=1S/C51H88NO7P/c1-6-8-10-12-14-16-18-20-22-23-24-25-26-27-28-29-30-31-33-35-37-39-41-43-46-56-48-50(49-58-60(54,55)57-47-45-52(3,4)5)59-51(53)44-42-40-38-36-34-32-21-19-17-15-13-11-9-7-2/h8,10,14,16,19-22,24-25,27-28,30-31,35,37,50H,6-7,9,11-13,15,17-18,23,26,29,32-34,36,38-49H2,1-5H3/p+1/b10-8-,16-14-,21-19-,22-20-,25-24-,28-27-,31-30-,37-35-. The molecular formula is C51H89NO7P+. The molecule has 0 aromatic rings. The molecule has 9 heteroatoms. The highest BCUT2D eigenvalue weighted by Gasteiger charge is 2.26. The van der Waals surface area contributed by atoms with Crippen LogP contribution >= 0.6 is 7.82 Å². The van der Waals surface area contributed by atoms with Crippen molar-refractivity contribution in [3.05, 3.63) is 97.2 Å². The number of ether oxygens (including phenoxy) is 2. The van der Waals surface area contributed by atoms with Crippen LogP contribution < -0.4 is 0 Å². The van der Waals surface area contributed by atoms with E-state index in [0.717, 1.165) is 96.3 Å². The normalized spacial score (nSPS) is 14.6. The molecular weight excluding hydrogens is 770 g/mol. The maximum absolute atomic E-state index is 12.7. The highest BCUT2D eigenvalue weighted by atomic mass is 31.2. The first-order valence-corrected chi connectivity index (χ1v) is 25.0.